The first-order valence-electron chi connectivity index (χ1n) is 7.99. The predicted octanol–water partition coefficient (Wildman–Crippen LogP) is 0.210. The lowest BCUT2D eigenvalue weighted by molar-refractivity contribution is 0.0921. The van der Waals surface area contributed by atoms with Gasteiger partial charge in [-0.3, -0.25) is 4.79 Å². The van der Waals surface area contributed by atoms with E-state index in [1.165, 1.54) is 18.4 Å². The minimum atomic E-state index is -3.36. The van der Waals surface area contributed by atoms with Gasteiger partial charge in [0.1, 0.15) is 11.3 Å². The summed E-state index contributed by atoms with van der Waals surface area (Å²) in [4.78, 5) is 16.9. The zero-order valence-corrected chi connectivity index (χ0v) is 15.3. The van der Waals surface area contributed by atoms with Crippen LogP contribution in [0.4, 0.5) is 0 Å². The van der Waals surface area contributed by atoms with E-state index in [1.54, 1.807) is 6.07 Å². The summed E-state index contributed by atoms with van der Waals surface area (Å²) in [5.41, 5.74) is 1.03. The van der Waals surface area contributed by atoms with Crippen LogP contribution in [0.2, 0.25) is 0 Å². The fourth-order valence-corrected chi connectivity index (χ4v) is 4.01. The van der Waals surface area contributed by atoms with E-state index in [0.717, 1.165) is 11.0 Å². The average molecular weight is 366 g/mol. The highest BCUT2D eigenvalue weighted by Crippen LogP contribution is 2.18. The van der Waals surface area contributed by atoms with Crippen molar-refractivity contribution in [1.29, 1.82) is 0 Å². The van der Waals surface area contributed by atoms with Crippen LogP contribution in [0, 0.1) is 5.92 Å². The zero-order chi connectivity index (χ0) is 18.2. The van der Waals surface area contributed by atoms with Crippen molar-refractivity contribution in [2.75, 3.05) is 33.1 Å². The maximum atomic E-state index is 12.5. The molecule has 0 bridgehead atoms. The second-order valence-electron chi connectivity index (χ2n) is 6.47. The Morgan fingerprint density at radius 2 is 2.12 bits per heavy atom. The Kier molecular flexibility index (Phi) is 4.81. The molecule has 1 amide bonds. The summed E-state index contributed by atoms with van der Waals surface area (Å²) >= 11 is 0. The monoisotopic (exact) mass is 366 g/mol. The zero-order valence-electron chi connectivity index (χ0n) is 14.5. The first-order valence-corrected chi connectivity index (χ1v) is 9.60. The number of sulfonamides is 1. The molecule has 136 valence electrons. The topological polar surface area (TPSA) is 93.5 Å². The molecule has 3 heterocycles. The van der Waals surface area contributed by atoms with Gasteiger partial charge in [0.05, 0.1) is 25.0 Å². The van der Waals surface area contributed by atoms with Crippen LogP contribution >= 0.6 is 0 Å². The number of aryl methyl sites for hydroxylation is 1. The van der Waals surface area contributed by atoms with Crippen LogP contribution in [0.5, 0.6) is 0 Å². The van der Waals surface area contributed by atoms with E-state index < -0.39 is 10.0 Å². The number of hydrogen-bond acceptors (Lipinski definition) is 5. The maximum absolute atomic E-state index is 12.5. The number of nitrogens with one attached hydrogen (secondary N) is 1. The summed E-state index contributed by atoms with van der Waals surface area (Å²) in [5.74, 6) is -0.671. The van der Waals surface area contributed by atoms with Crippen LogP contribution in [0.25, 0.3) is 11.0 Å². The van der Waals surface area contributed by atoms with Crippen LogP contribution in [0.1, 0.15) is 10.5 Å². The standard InChI is InChI=1S/C16H22N4O4S/c1-19(2)25(22,23)10-12-8-24-9-14(12)18-16(21)13-5-4-11-6-7-20(3)15(11)17-13/h4-7,12,14H,8-10H2,1-3H3,(H,18,21)/t12-,14-/m0/s1. The van der Waals surface area contributed by atoms with Gasteiger partial charge in [-0.25, -0.2) is 17.7 Å². The number of aromatic nitrogens is 2. The summed E-state index contributed by atoms with van der Waals surface area (Å²) in [6, 6.07) is 5.08. The van der Waals surface area contributed by atoms with E-state index in [2.05, 4.69) is 10.3 Å². The van der Waals surface area contributed by atoms with Gasteiger partial charge in [0, 0.05) is 38.6 Å². The Hall–Kier alpha value is -1.97. The first kappa shape index (κ1) is 17.8. The van der Waals surface area contributed by atoms with E-state index in [9.17, 15) is 13.2 Å². The molecule has 1 saturated heterocycles. The molecule has 3 rings (SSSR count). The summed E-state index contributed by atoms with van der Waals surface area (Å²) < 4.78 is 32.6. The van der Waals surface area contributed by atoms with Crippen LogP contribution in [0.3, 0.4) is 0 Å². The Morgan fingerprint density at radius 1 is 1.36 bits per heavy atom. The number of nitrogens with zero attached hydrogens (tertiary/aromatic N) is 3. The molecule has 25 heavy (non-hydrogen) atoms. The number of hydrogen-bond donors (Lipinski definition) is 1. The molecule has 1 N–H and O–H groups in total. The van der Waals surface area contributed by atoms with Gasteiger partial charge < -0.3 is 14.6 Å². The van der Waals surface area contributed by atoms with Crippen molar-refractivity contribution in [3.8, 4) is 0 Å². The fourth-order valence-electron chi connectivity index (χ4n) is 2.85. The van der Waals surface area contributed by atoms with Gasteiger partial charge in [-0.1, -0.05) is 0 Å². The van der Waals surface area contributed by atoms with Gasteiger partial charge in [0.15, 0.2) is 0 Å². The molecule has 1 aliphatic heterocycles. The lowest BCUT2D eigenvalue weighted by atomic mass is 10.1. The van der Waals surface area contributed by atoms with Crippen molar-refractivity contribution in [3.05, 3.63) is 30.1 Å². The molecule has 0 aliphatic carbocycles. The van der Waals surface area contributed by atoms with E-state index in [1.807, 2.05) is 29.9 Å². The number of carbonyl (C=O) groups excluding carboxylic acids is 1. The molecule has 1 fully saturated rings. The smallest absolute Gasteiger partial charge is 0.270 e. The molecule has 0 unspecified atom stereocenters. The molecule has 2 aromatic rings. The Morgan fingerprint density at radius 3 is 2.84 bits per heavy atom. The molecule has 0 radical (unpaired) electrons. The van der Waals surface area contributed by atoms with Crippen LogP contribution in [-0.4, -0.2) is 67.3 Å². The number of fused-ring (bicyclic) bond motifs is 1. The summed E-state index contributed by atoms with van der Waals surface area (Å²) in [6.07, 6.45) is 1.88. The summed E-state index contributed by atoms with van der Waals surface area (Å²) in [6.45, 7) is 0.605. The summed E-state index contributed by atoms with van der Waals surface area (Å²) in [7, 11) is 1.50. The van der Waals surface area contributed by atoms with E-state index >= 15 is 0 Å². The SMILES string of the molecule is CN(C)S(=O)(=O)C[C@@H]1COC[C@@H]1NC(=O)c1ccc2ccn(C)c2n1. The Balaban J connectivity index is 1.73. The fraction of sp³-hybridized carbons (Fsp3) is 0.500. The van der Waals surface area contributed by atoms with Gasteiger partial charge in [0.2, 0.25) is 10.0 Å². The van der Waals surface area contributed by atoms with Crippen molar-refractivity contribution in [2.24, 2.45) is 13.0 Å². The lowest BCUT2D eigenvalue weighted by Gasteiger charge is -2.20. The van der Waals surface area contributed by atoms with Gasteiger partial charge in [-0.2, -0.15) is 0 Å². The second-order valence-corrected chi connectivity index (χ2v) is 8.70. The van der Waals surface area contributed by atoms with Gasteiger partial charge in [0.25, 0.3) is 5.91 Å². The number of ether oxygens (including phenoxy) is 1. The number of carbonyl (C=O) groups is 1. The molecule has 9 heteroatoms. The predicted molar refractivity (Wildman–Crippen MR) is 93.8 cm³/mol. The van der Waals surface area contributed by atoms with Gasteiger partial charge in [-0.05, 0) is 18.2 Å². The number of pyridine rings is 1. The minimum Gasteiger partial charge on any atom is -0.379 e. The van der Waals surface area contributed by atoms with Crippen LogP contribution in [0.15, 0.2) is 24.4 Å². The Labute approximate surface area is 146 Å². The highest BCUT2D eigenvalue weighted by atomic mass is 32.2. The maximum Gasteiger partial charge on any atom is 0.270 e. The first-order chi connectivity index (χ1) is 11.8. The van der Waals surface area contributed by atoms with Crippen molar-refractivity contribution in [1.82, 2.24) is 19.2 Å². The van der Waals surface area contributed by atoms with Crippen molar-refractivity contribution in [2.45, 2.75) is 6.04 Å². The van der Waals surface area contributed by atoms with Gasteiger partial charge in [-0.15, -0.1) is 0 Å². The van der Waals surface area contributed by atoms with Crippen LogP contribution in [-0.2, 0) is 21.8 Å². The highest BCUT2D eigenvalue weighted by molar-refractivity contribution is 7.89. The molecule has 1 aliphatic rings. The van der Waals surface area contributed by atoms with Crippen molar-refractivity contribution < 1.29 is 17.9 Å². The molecular weight excluding hydrogens is 344 g/mol. The number of amides is 1. The quantitative estimate of drug-likeness (QED) is 0.816. The summed E-state index contributed by atoms with van der Waals surface area (Å²) in [5, 5.41) is 3.82. The third-order valence-corrected chi connectivity index (χ3v) is 6.41. The van der Waals surface area contributed by atoms with Crippen LogP contribution < -0.4 is 5.32 Å². The largest absolute Gasteiger partial charge is 0.379 e. The molecular formula is C16H22N4O4S. The van der Waals surface area contributed by atoms with E-state index in [0.29, 0.717) is 18.9 Å². The molecule has 0 spiro atoms. The van der Waals surface area contributed by atoms with Crippen molar-refractivity contribution in [3.63, 3.8) is 0 Å². The van der Waals surface area contributed by atoms with E-state index in [4.69, 9.17) is 4.74 Å². The van der Waals surface area contributed by atoms with Crippen molar-refractivity contribution >= 4 is 27.0 Å². The molecule has 2 atom stereocenters. The molecule has 8 nitrogen and oxygen atoms in total. The molecule has 2 aromatic heterocycles. The van der Waals surface area contributed by atoms with Gasteiger partial charge >= 0.3 is 0 Å². The highest BCUT2D eigenvalue weighted by Gasteiger charge is 2.34. The van der Waals surface area contributed by atoms with E-state index in [-0.39, 0.29) is 23.6 Å². The minimum absolute atomic E-state index is 0.0603. The number of rotatable bonds is 5. The third-order valence-electron chi connectivity index (χ3n) is 4.45. The third kappa shape index (κ3) is 3.68. The molecule has 0 aromatic carbocycles. The molecule has 0 saturated carbocycles. The lowest BCUT2D eigenvalue weighted by Crippen LogP contribution is -2.43. The second kappa shape index (κ2) is 6.74. The average Bonchev–Trinajstić information content (AvgIpc) is 3.14. The normalized spacial score (nSPS) is 21.1. The Bertz CT molecular complexity index is 891.